The molecular formula is C25H21Cl2N3O4S. The minimum atomic E-state index is -0.607. The number of benzene rings is 2. The van der Waals surface area contributed by atoms with Crippen molar-refractivity contribution in [3.8, 4) is 11.4 Å². The van der Waals surface area contributed by atoms with Crippen LogP contribution in [0.3, 0.4) is 0 Å². The van der Waals surface area contributed by atoms with Crippen molar-refractivity contribution in [3.05, 3.63) is 83.8 Å². The normalized spacial score (nSPS) is 13.0. The Kier molecular flexibility index (Phi) is 6.44. The minimum absolute atomic E-state index is 0.228. The maximum Gasteiger partial charge on any atom is 0.337 e. The molecule has 0 saturated heterocycles. The Balaban J connectivity index is 1.64. The molecule has 7 nitrogen and oxygen atoms in total. The Bertz CT molecular complexity index is 1570. The van der Waals surface area contributed by atoms with Crippen molar-refractivity contribution in [2.24, 2.45) is 0 Å². The molecule has 1 N–H and O–H groups in total. The van der Waals surface area contributed by atoms with Crippen LogP contribution in [0.5, 0.6) is 5.75 Å². The van der Waals surface area contributed by atoms with Gasteiger partial charge in [-0.25, -0.2) is 9.36 Å². The summed E-state index contributed by atoms with van der Waals surface area (Å²) in [6.07, 6.45) is 3.63. The van der Waals surface area contributed by atoms with Gasteiger partial charge in [0.25, 0.3) is 5.56 Å². The second kappa shape index (κ2) is 9.53. The van der Waals surface area contributed by atoms with E-state index in [9.17, 15) is 14.4 Å². The van der Waals surface area contributed by atoms with Gasteiger partial charge in [0.15, 0.2) is 0 Å². The summed E-state index contributed by atoms with van der Waals surface area (Å²) in [4.78, 5) is 41.9. The van der Waals surface area contributed by atoms with Crippen LogP contribution in [0.25, 0.3) is 15.9 Å². The molecule has 0 fully saturated rings. The van der Waals surface area contributed by atoms with Gasteiger partial charge in [-0.05, 0) is 73.7 Å². The lowest BCUT2D eigenvalue weighted by Gasteiger charge is -2.14. The van der Waals surface area contributed by atoms with E-state index in [1.165, 1.54) is 22.0 Å². The number of anilines is 1. The minimum Gasteiger partial charge on any atom is -0.497 e. The number of nitrogens with zero attached hydrogens (tertiary/aromatic N) is 2. The summed E-state index contributed by atoms with van der Waals surface area (Å²) < 4.78 is 7.60. The number of hydrogen-bond donors (Lipinski definition) is 1. The molecule has 180 valence electrons. The number of aryl methyl sites for hydroxylation is 2. The molecule has 5 rings (SSSR count). The third kappa shape index (κ3) is 4.37. The molecule has 10 heteroatoms. The van der Waals surface area contributed by atoms with E-state index in [0.29, 0.717) is 32.4 Å². The summed E-state index contributed by atoms with van der Waals surface area (Å²) in [5.41, 5.74) is 0.832. The van der Waals surface area contributed by atoms with E-state index < -0.39 is 11.2 Å². The van der Waals surface area contributed by atoms with Crippen LogP contribution in [0.4, 0.5) is 5.69 Å². The van der Waals surface area contributed by atoms with Gasteiger partial charge in [0.1, 0.15) is 17.1 Å². The third-order valence-electron chi connectivity index (χ3n) is 6.07. The van der Waals surface area contributed by atoms with E-state index in [1.54, 1.807) is 43.5 Å². The molecule has 0 spiro atoms. The van der Waals surface area contributed by atoms with Gasteiger partial charge in [-0.2, -0.15) is 0 Å². The fourth-order valence-electron chi connectivity index (χ4n) is 4.38. The van der Waals surface area contributed by atoms with E-state index in [4.69, 9.17) is 27.9 Å². The Morgan fingerprint density at radius 3 is 2.51 bits per heavy atom. The summed E-state index contributed by atoms with van der Waals surface area (Å²) in [6, 6.07) is 11.5. The molecule has 1 aliphatic carbocycles. The largest absolute Gasteiger partial charge is 0.497 e. The number of carbonyl (C=O) groups is 1. The number of rotatable bonds is 5. The molecule has 0 saturated carbocycles. The van der Waals surface area contributed by atoms with Crippen molar-refractivity contribution in [3.63, 3.8) is 0 Å². The first-order valence-corrected chi connectivity index (χ1v) is 12.6. The second-order valence-electron chi connectivity index (χ2n) is 8.28. The first-order valence-electron chi connectivity index (χ1n) is 11.1. The summed E-state index contributed by atoms with van der Waals surface area (Å²) in [5.74, 6) is 0.281. The van der Waals surface area contributed by atoms with Gasteiger partial charge < -0.3 is 10.1 Å². The van der Waals surface area contributed by atoms with E-state index >= 15 is 0 Å². The highest BCUT2D eigenvalue weighted by Gasteiger charge is 2.25. The zero-order chi connectivity index (χ0) is 24.7. The molecule has 0 atom stereocenters. The smallest absolute Gasteiger partial charge is 0.337 e. The van der Waals surface area contributed by atoms with Gasteiger partial charge in [0, 0.05) is 10.6 Å². The van der Waals surface area contributed by atoms with Gasteiger partial charge in [0.05, 0.1) is 28.2 Å². The van der Waals surface area contributed by atoms with E-state index in [2.05, 4.69) is 5.32 Å². The number of hydrogen-bond acceptors (Lipinski definition) is 5. The Morgan fingerprint density at radius 2 is 1.80 bits per heavy atom. The second-order valence-corrected chi connectivity index (χ2v) is 10.2. The fourth-order valence-corrected chi connectivity index (χ4v) is 6.04. The lowest BCUT2D eigenvalue weighted by Crippen LogP contribution is -2.40. The third-order valence-corrected chi connectivity index (χ3v) is 8.13. The fraction of sp³-hybridized carbons (Fsp3) is 0.240. The predicted molar refractivity (Wildman–Crippen MR) is 140 cm³/mol. The Labute approximate surface area is 214 Å². The van der Waals surface area contributed by atoms with Crippen molar-refractivity contribution in [1.29, 1.82) is 0 Å². The van der Waals surface area contributed by atoms with Crippen LogP contribution in [0.1, 0.15) is 23.3 Å². The standard InChI is InChI=1S/C25H21Cl2N3O4S/c1-34-16-9-6-14(7-10-16)28-21(31)13-29-24-22(17-4-2-3-5-20(17)35-24)23(32)30(25(29)33)15-8-11-18(26)19(27)12-15/h6-12H,2-5,13H2,1H3,(H,28,31). The molecule has 0 unspecified atom stereocenters. The molecular weight excluding hydrogens is 509 g/mol. The van der Waals surface area contributed by atoms with Crippen LogP contribution >= 0.6 is 34.5 Å². The number of ether oxygens (including phenoxy) is 1. The maximum absolute atomic E-state index is 13.6. The molecule has 0 aliphatic heterocycles. The number of halogens is 2. The van der Waals surface area contributed by atoms with Crippen LogP contribution in [0.2, 0.25) is 10.0 Å². The van der Waals surface area contributed by atoms with E-state index in [0.717, 1.165) is 40.7 Å². The number of fused-ring (bicyclic) bond motifs is 3. The molecule has 35 heavy (non-hydrogen) atoms. The molecule has 1 amide bonds. The molecule has 0 radical (unpaired) electrons. The molecule has 2 heterocycles. The number of carbonyl (C=O) groups excluding carboxylic acids is 1. The maximum atomic E-state index is 13.6. The quantitative estimate of drug-likeness (QED) is 0.392. The van der Waals surface area contributed by atoms with Gasteiger partial charge in [-0.15, -0.1) is 11.3 Å². The first kappa shape index (κ1) is 23.7. The zero-order valence-corrected chi connectivity index (χ0v) is 21.1. The summed E-state index contributed by atoms with van der Waals surface area (Å²) in [5, 5.41) is 3.85. The first-order chi connectivity index (χ1) is 16.9. The average Bonchev–Trinajstić information content (AvgIpc) is 3.24. The van der Waals surface area contributed by atoms with Crippen LogP contribution in [-0.4, -0.2) is 22.2 Å². The SMILES string of the molecule is COc1ccc(NC(=O)Cn2c(=O)n(-c3ccc(Cl)c(Cl)c3)c(=O)c3c4c(sc32)CCCC4)cc1. The lowest BCUT2D eigenvalue weighted by molar-refractivity contribution is -0.116. The lowest BCUT2D eigenvalue weighted by atomic mass is 9.97. The van der Waals surface area contributed by atoms with E-state index in [-0.39, 0.29) is 17.5 Å². The monoisotopic (exact) mass is 529 g/mol. The predicted octanol–water partition coefficient (Wildman–Crippen LogP) is 5.05. The van der Waals surface area contributed by atoms with E-state index in [1.807, 2.05) is 0 Å². The van der Waals surface area contributed by atoms with Gasteiger partial charge >= 0.3 is 5.69 Å². The highest BCUT2D eigenvalue weighted by Crippen LogP contribution is 2.34. The van der Waals surface area contributed by atoms with Gasteiger partial charge in [-0.3, -0.25) is 14.2 Å². The number of amides is 1. The van der Waals surface area contributed by atoms with Crippen molar-refractivity contribution >= 4 is 56.3 Å². The molecule has 2 aromatic carbocycles. The highest BCUT2D eigenvalue weighted by atomic mass is 35.5. The average molecular weight is 530 g/mol. The number of nitrogens with one attached hydrogen (secondary N) is 1. The van der Waals surface area contributed by atoms with Gasteiger partial charge in [0.2, 0.25) is 5.91 Å². The van der Waals surface area contributed by atoms with Crippen molar-refractivity contribution in [2.75, 3.05) is 12.4 Å². The Hall–Kier alpha value is -3.07. The Morgan fingerprint density at radius 1 is 1.06 bits per heavy atom. The molecule has 1 aliphatic rings. The van der Waals surface area contributed by atoms with Crippen LogP contribution in [0, 0.1) is 0 Å². The summed E-state index contributed by atoms with van der Waals surface area (Å²) >= 11 is 13.7. The van der Waals surface area contributed by atoms with Crippen LogP contribution < -0.4 is 21.3 Å². The van der Waals surface area contributed by atoms with Crippen molar-refractivity contribution in [2.45, 2.75) is 32.2 Å². The number of thiophene rings is 1. The van der Waals surface area contributed by atoms with Crippen molar-refractivity contribution < 1.29 is 9.53 Å². The number of aromatic nitrogens is 2. The molecule has 4 aromatic rings. The summed E-state index contributed by atoms with van der Waals surface area (Å²) in [7, 11) is 1.56. The van der Waals surface area contributed by atoms with Crippen LogP contribution in [0.15, 0.2) is 52.1 Å². The summed E-state index contributed by atoms with van der Waals surface area (Å²) in [6.45, 7) is -0.248. The zero-order valence-electron chi connectivity index (χ0n) is 18.8. The molecule has 0 bridgehead atoms. The number of methoxy groups -OCH3 is 1. The molecule has 2 aromatic heterocycles. The van der Waals surface area contributed by atoms with Crippen LogP contribution in [-0.2, 0) is 24.2 Å². The van der Waals surface area contributed by atoms with Gasteiger partial charge in [-0.1, -0.05) is 23.2 Å². The van der Waals surface area contributed by atoms with Crippen molar-refractivity contribution in [1.82, 2.24) is 9.13 Å². The topological polar surface area (TPSA) is 82.3 Å². The highest BCUT2D eigenvalue weighted by molar-refractivity contribution is 7.18.